The van der Waals surface area contributed by atoms with E-state index in [4.69, 9.17) is 11.6 Å². The van der Waals surface area contributed by atoms with Crippen LogP contribution in [0, 0.1) is 5.92 Å². The molecule has 0 atom stereocenters. The highest BCUT2D eigenvalue weighted by Crippen LogP contribution is 2.36. The molecule has 94 valence electrons. The van der Waals surface area contributed by atoms with Crippen LogP contribution in [0.4, 0.5) is 19.0 Å². The van der Waals surface area contributed by atoms with Crippen molar-refractivity contribution in [1.82, 2.24) is 9.97 Å². The van der Waals surface area contributed by atoms with Crippen LogP contribution in [-0.2, 0) is 6.18 Å². The van der Waals surface area contributed by atoms with Gasteiger partial charge in [0.1, 0.15) is 11.4 Å². The van der Waals surface area contributed by atoms with E-state index in [9.17, 15) is 13.2 Å². The summed E-state index contributed by atoms with van der Waals surface area (Å²) in [5.41, 5.74) is -0.874. The molecular weight excluding hydrogens is 255 g/mol. The maximum absolute atomic E-state index is 12.7. The zero-order valence-electron chi connectivity index (χ0n) is 9.05. The van der Waals surface area contributed by atoms with E-state index in [0.29, 0.717) is 12.1 Å². The first-order valence-corrected chi connectivity index (χ1v) is 5.60. The number of anilines is 1. The lowest BCUT2D eigenvalue weighted by molar-refractivity contribution is -0.137. The number of nitrogens with zero attached hydrogens (tertiary/aromatic N) is 2. The lowest BCUT2D eigenvalue weighted by Gasteiger charge is -2.34. The molecule has 1 aromatic rings. The van der Waals surface area contributed by atoms with Gasteiger partial charge in [0.15, 0.2) is 0 Å². The fraction of sp³-hybridized carbons (Fsp3) is 0.600. The average molecular weight is 266 g/mol. The van der Waals surface area contributed by atoms with Crippen molar-refractivity contribution < 1.29 is 13.2 Å². The Bertz CT molecular complexity index is 416. The Labute approximate surface area is 101 Å². The maximum atomic E-state index is 12.7. The molecule has 0 spiro atoms. The highest BCUT2D eigenvalue weighted by molar-refractivity contribution is 6.28. The van der Waals surface area contributed by atoms with Crippen LogP contribution >= 0.6 is 11.6 Å². The summed E-state index contributed by atoms with van der Waals surface area (Å²) in [4.78, 5) is 6.98. The highest BCUT2D eigenvalue weighted by atomic mass is 35.5. The SMILES string of the molecule is CC1CC(Nc2nc(Cl)ncc2C(F)(F)F)C1. The van der Waals surface area contributed by atoms with Gasteiger partial charge in [-0.2, -0.15) is 13.2 Å². The molecule has 0 amide bonds. The maximum Gasteiger partial charge on any atom is 0.421 e. The van der Waals surface area contributed by atoms with Gasteiger partial charge in [-0.25, -0.2) is 9.97 Å². The summed E-state index contributed by atoms with van der Waals surface area (Å²) >= 11 is 5.51. The van der Waals surface area contributed by atoms with Crippen molar-refractivity contribution in [1.29, 1.82) is 0 Å². The number of rotatable bonds is 2. The van der Waals surface area contributed by atoms with Crippen molar-refractivity contribution in [3.8, 4) is 0 Å². The highest BCUT2D eigenvalue weighted by Gasteiger charge is 2.36. The molecule has 1 aromatic heterocycles. The van der Waals surface area contributed by atoms with E-state index in [2.05, 4.69) is 22.2 Å². The zero-order chi connectivity index (χ0) is 12.6. The molecule has 7 heteroatoms. The first-order valence-electron chi connectivity index (χ1n) is 5.22. The minimum atomic E-state index is -4.47. The van der Waals surface area contributed by atoms with Crippen LogP contribution in [0.15, 0.2) is 6.20 Å². The molecule has 0 saturated heterocycles. The molecule has 1 N–H and O–H groups in total. The van der Waals surface area contributed by atoms with Gasteiger partial charge in [-0.3, -0.25) is 0 Å². The summed E-state index contributed by atoms with van der Waals surface area (Å²) in [6, 6.07) is 0.0390. The number of aromatic nitrogens is 2. The molecule has 1 aliphatic rings. The Balaban J connectivity index is 2.21. The van der Waals surface area contributed by atoms with Crippen molar-refractivity contribution in [3.05, 3.63) is 17.0 Å². The second-order valence-electron chi connectivity index (χ2n) is 4.32. The monoisotopic (exact) mass is 265 g/mol. The lowest BCUT2D eigenvalue weighted by atomic mass is 9.82. The average Bonchev–Trinajstić information content (AvgIpc) is 2.13. The Morgan fingerprint density at radius 1 is 1.41 bits per heavy atom. The second-order valence-corrected chi connectivity index (χ2v) is 4.65. The van der Waals surface area contributed by atoms with Crippen LogP contribution in [0.5, 0.6) is 0 Å². The third-order valence-corrected chi connectivity index (χ3v) is 2.96. The topological polar surface area (TPSA) is 37.8 Å². The Morgan fingerprint density at radius 2 is 2.06 bits per heavy atom. The molecule has 0 aromatic carbocycles. The fourth-order valence-corrected chi connectivity index (χ4v) is 2.02. The number of halogens is 4. The molecule has 1 saturated carbocycles. The number of hydrogen-bond donors (Lipinski definition) is 1. The van der Waals surface area contributed by atoms with E-state index in [1.165, 1.54) is 0 Å². The van der Waals surface area contributed by atoms with Gasteiger partial charge in [-0.05, 0) is 30.4 Å². The molecule has 0 aliphatic heterocycles. The molecule has 1 fully saturated rings. The smallest absolute Gasteiger partial charge is 0.367 e. The second kappa shape index (κ2) is 4.33. The summed E-state index contributed by atoms with van der Waals surface area (Å²) < 4.78 is 38.0. The van der Waals surface area contributed by atoms with E-state index in [-0.39, 0.29) is 17.1 Å². The first-order chi connectivity index (χ1) is 7.86. The zero-order valence-corrected chi connectivity index (χ0v) is 9.81. The third-order valence-electron chi connectivity index (χ3n) is 2.78. The van der Waals surface area contributed by atoms with Gasteiger partial charge in [0.25, 0.3) is 0 Å². The Morgan fingerprint density at radius 3 is 2.59 bits per heavy atom. The third kappa shape index (κ3) is 2.80. The van der Waals surface area contributed by atoms with Crippen LogP contribution in [0.25, 0.3) is 0 Å². The summed E-state index contributed by atoms with van der Waals surface area (Å²) in [6.45, 7) is 2.05. The van der Waals surface area contributed by atoms with Crippen LogP contribution in [0.3, 0.4) is 0 Å². The van der Waals surface area contributed by atoms with Crippen LogP contribution in [0.1, 0.15) is 25.3 Å². The van der Waals surface area contributed by atoms with Crippen LogP contribution < -0.4 is 5.32 Å². The van der Waals surface area contributed by atoms with Gasteiger partial charge in [-0.1, -0.05) is 6.92 Å². The fourth-order valence-electron chi connectivity index (χ4n) is 1.89. The number of alkyl halides is 3. The van der Waals surface area contributed by atoms with E-state index in [0.717, 1.165) is 12.8 Å². The van der Waals surface area contributed by atoms with Gasteiger partial charge in [0.2, 0.25) is 5.28 Å². The number of nitrogens with one attached hydrogen (secondary N) is 1. The van der Waals surface area contributed by atoms with E-state index in [1.807, 2.05) is 0 Å². The van der Waals surface area contributed by atoms with Gasteiger partial charge < -0.3 is 5.32 Å². The van der Waals surface area contributed by atoms with E-state index in [1.54, 1.807) is 0 Å². The van der Waals surface area contributed by atoms with Crippen LogP contribution in [-0.4, -0.2) is 16.0 Å². The normalized spacial score (nSPS) is 24.3. The molecule has 1 heterocycles. The van der Waals surface area contributed by atoms with E-state index < -0.39 is 11.7 Å². The first kappa shape index (κ1) is 12.4. The molecule has 1 aliphatic carbocycles. The van der Waals surface area contributed by atoms with Crippen molar-refractivity contribution in [2.45, 2.75) is 32.0 Å². The van der Waals surface area contributed by atoms with Crippen molar-refractivity contribution in [3.63, 3.8) is 0 Å². The minimum Gasteiger partial charge on any atom is -0.367 e. The summed E-state index contributed by atoms with van der Waals surface area (Å²) in [7, 11) is 0. The molecule has 0 radical (unpaired) electrons. The summed E-state index contributed by atoms with van der Waals surface area (Å²) in [5, 5.41) is 2.58. The Kier molecular flexibility index (Phi) is 3.16. The lowest BCUT2D eigenvalue weighted by Crippen LogP contribution is -2.35. The molecule has 3 nitrogen and oxygen atoms in total. The molecule has 2 rings (SSSR count). The van der Waals surface area contributed by atoms with Gasteiger partial charge in [-0.15, -0.1) is 0 Å². The van der Waals surface area contributed by atoms with Gasteiger partial charge in [0.05, 0.1) is 0 Å². The predicted octanol–water partition coefficient (Wildman–Crippen LogP) is 3.36. The molecular formula is C10H11ClF3N3. The molecule has 0 unspecified atom stereocenters. The number of hydrogen-bond acceptors (Lipinski definition) is 3. The van der Waals surface area contributed by atoms with Gasteiger partial charge in [0, 0.05) is 12.2 Å². The standard InChI is InChI=1S/C10H11ClF3N3/c1-5-2-6(3-5)16-8-7(10(12,13)14)4-15-9(11)17-8/h4-6H,2-3H2,1H3,(H,15,16,17). The van der Waals surface area contributed by atoms with Crippen molar-refractivity contribution in [2.24, 2.45) is 5.92 Å². The largest absolute Gasteiger partial charge is 0.421 e. The van der Waals surface area contributed by atoms with Crippen molar-refractivity contribution in [2.75, 3.05) is 5.32 Å². The summed E-state index contributed by atoms with van der Waals surface area (Å²) in [6.07, 6.45) is -2.07. The summed E-state index contributed by atoms with van der Waals surface area (Å²) in [5.74, 6) is 0.313. The predicted molar refractivity (Wildman–Crippen MR) is 57.9 cm³/mol. The quantitative estimate of drug-likeness (QED) is 0.833. The molecule has 17 heavy (non-hydrogen) atoms. The van der Waals surface area contributed by atoms with E-state index >= 15 is 0 Å². The minimum absolute atomic E-state index is 0.0390. The van der Waals surface area contributed by atoms with Gasteiger partial charge >= 0.3 is 6.18 Å². The Hall–Kier alpha value is -1.04. The molecule has 0 bridgehead atoms. The van der Waals surface area contributed by atoms with Crippen LogP contribution in [0.2, 0.25) is 5.28 Å². The van der Waals surface area contributed by atoms with Crippen molar-refractivity contribution >= 4 is 17.4 Å².